The summed E-state index contributed by atoms with van der Waals surface area (Å²) < 4.78 is 5.32. The molecule has 0 aliphatic heterocycles. The lowest BCUT2D eigenvalue weighted by molar-refractivity contribution is -0.119. The van der Waals surface area contributed by atoms with Crippen molar-refractivity contribution in [2.45, 2.75) is 0 Å². The largest absolute Gasteiger partial charge is 0.452 e. The number of para-hydroxylation sites is 1. The highest BCUT2D eigenvalue weighted by atomic mass is 16.5. The van der Waals surface area contributed by atoms with Crippen LogP contribution >= 0.6 is 0 Å². The minimum absolute atomic E-state index is 0.333. The highest BCUT2D eigenvalue weighted by Gasteiger charge is 2.17. The summed E-state index contributed by atoms with van der Waals surface area (Å²) in [5.41, 5.74) is 3.83. The summed E-state index contributed by atoms with van der Waals surface area (Å²) >= 11 is 0. The first-order valence-electron chi connectivity index (χ1n) is 10.1. The summed E-state index contributed by atoms with van der Waals surface area (Å²) in [5, 5.41) is 3.38. The zero-order chi connectivity index (χ0) is 22.5. The number of esters is 1. The van der Waals surface area contributed by atoms with Crippen LogP contribution in [0.5, 0.6) is 0 Å². The number of pyridine rings is 2. The maximum Gasteiger partial charge on any atom is 0.339 e. The molecule has 0 bridgehead atoms. The van der Waals surface area contributed by atoms with Gasteiger partial charge in [-0.3, -0.25) is 9.78 Å². The van der Waals surface area contributed by atoms with Gasteiger partial charge in [0.05, 0.1) is 22.5 Å². The first-order chi connectivity index (χ1) is 15.5. The van der Waals surface area contributed by atoms with Crippen LogP contribution in [-0.2, 0) is 9.53 Å². The van der Waals surface area contributed by atoms with Crippen LogP contribution in [0.3, 0.4) is 0 Å². The maximum atomic E-state index is 12.9. The van der Waals surface area contributed by atoms with Crippen LogP contribution in [0.25, 0.3) is 22.3 Å². The van der Waals surface area contributed by atoms with E-state index in [0.29, 0.717) is 33.5 Å². The second-order valence-electron chi connectivity index (χ2n) is 7.35. The standard InChI is InChI=1S/C25H22N4O3/c1-29(2)18-12-10-17(11-13-18)27-24(30)16-32-25(31)20-15-23(22-9-5-6-14-26-22)28-21-8-4-3-7-19(20)21/h3-15H,16H2,1-2H3,(H,27,30). The van der Waals surface area contributed by atoms with Gasteiger partial charge in [-0.2, -0.15) is 0 Å². The quantitative estimate of drug-likeness (QED) is 0.466. The summed E-state index contributed by atoms with van der Waals surface area (Å²) in [6, 6.07) is 21.8. The number of aromatic nitrogens is 2. The van der Waals surface area contributed by atoms with E-state index in [2.05, 4.69) is 15.3 Å². The van der Waals surface area contributed by atoms with E-state index < -0.39 is 18.5 Å². The third-order valence-corrected chi connectivity index (χ3v) is 4.87. The molecule has 7 heteroatoms. The summed E-state index contributed by atoms with van der Waals surface area (Å²) in [5.74, 6) is -1.02. The van der Waals surface area contributed by atoms with Gasteiger partial charge in [-0.05, 0) is 48.5 Å². The number of benzene rings is 2. The molecule has 0 aliphatic carbocycles. The number of amides is 1. The van der Waals surface area contributed by atoms with E-state index in [4.69, 9.17) is 4.74 Å². The van der Waals surface area contributed by atoms with E-state index in [1.807, 2.05) is 67.5 Å². The van der Waals surface area contributed by atoms with Gasteiger partial charge in [0.15, 0.2) is 6.61 Å². The predicted molar refractivity (Wildman–Crippen MR) is 125 cm³/mol. The maximum absolute atomic E-state index is 12.9. The second kappa shape index (κ2) is 9.26. The zero-order valence-corrected chi connectivity index (χ0v) is 17.8. The molecule has 0 aliphatic rings. The van der Waals surface area contributed by atoms with E-state index in [1.54, 1.807) is 30.5 Å². The van der Waals surface area contributed by atoms with Crippen LogP contribution < -0.4 is 10.2 Å². The molecule has 0 unspecified atom stereocenters. The Bertz CT molecular complexity index is 1260. The minimum Gasteiger partial charge on any atom is -0.452 e. The molecule has 0 fully saturated rings. The SMILES string of the molecule is CN(C)c1ccc(NC(=O)COC(=O)c2cc(-c3ccccn3)nc3ccccc23)cc1. The van der Waals surface area contributed by atoms with Gasteiger partial charge >= 0.3 is 5.97 Å². The van der Waals surface area contributed by atoms with Gasteiger partial charge in [0.25, 0.3) is 5.91 Å². The van der Waals surface area contributed by atoms with Crippen molar-refractivity contribution in [2.75, 3.05) is 30.9 Å². The number of carbonyl (C=O) groups excluding carboxylic acids is 2. The van der Waals surface area contributed by atoms with E-state index >= 15 is 0 Å². The molecular weight excluding hydrogens is 404 g/mol. The lowest BCUT2D eigenvalue weighted by atomic mass is 10.1. The van der Waals surface area contributed by atoms with Crippen molar-refractivity contribution >= 4 is 34.2 Å². The summed E-state index contributed by atoms with van der Waals surface area (Å²) in [6.45, 7) is -0.399. The van der Waals surface area contributed by atoms with Crippen LogP contribution in [0.2, 0.25) is 0 Å². The van der Waals surface area contributed by atoms with Crippen molar-refractivity contribution < 1.29 is 14.3 Å². The Kier molecular flexibility index (Phi) is 6.07. The molecule has 0 saturated carbocycles. The molecule has 0 atom stereocenters. The molecule has 1 N–H and O–H groups in total. The van der Waals surface area contributed by atoms with Crippen molar-refractivity contribution in [3.63, 3.8) is 0 Å². The molecule has 2 aromatic carbocycles. The van der Waals surface area contributed by atoms with Crippen LogP contribution in [0.15, 0.2) is 79.0 Å². The van der Waals surface area contributed by atoms with Crippen molar-refractivity contribution in [2.24, 2.45) is 0 Å². The molecule has 0 saturated heterocycles. The Morgan fingerprint density at radius 1 is 0.938 bits per heavy atom. The van der Waals surface area contributed by atoms with Crippen molar-refractivity contribution in [3.05, 3.63) is 84.6 Å². The van der Waals surface area contributed by atoms with Crippen molar-refractivity contribution in [1.29, 1.82) is 0 Å². The summed E-state index contributed by atoms with van der Waals surface area (Å²) in [4.78, 5) is 36.0. The fourth-order valence-electron chi connectivity index (χ4n) is 3.24. The van der Waals surface area contributed by atoms with E-state index in [9.17, 15) is 9.59 Å². The molecule has 0 radical (unpaired) electrons. The number of nitrogens with zero attached hydrogens (tertiary/aromatic N) is 3. The van der Waals surface area contributed by atoms with E-state index in [0.717, 1.165) is 5.69 Å². The second-order valence-corrected chi connectivity index (χ2v) is 7.35. The van der Waals surface area contributed by atoms with Crippen molar-refractivity contribution in [1.82, 2.24) is 9.97 Å². The van der Waals surface area contributed by atoms with Gasteiger partial charge in [0, 0.05) is 37.1 Å². The smallest absolute Gasteiger partial charge is 0.339 e. The first-order valence-corrected chi connectivity index (χ1v) is 10.1. The highest BCUT2D eigenvalue weighted by molar-refractivity contribution is 6.05. The third kappa shape index (κ3) is 4.73. The number of ether oxygens (including phenoxy) is 1. The van der Waals surface area contributed by atoms with Gasteiger partial charge < -0.3 is 15.0 Å². The van der Waals surface area contributed by atoms with Crippen molar-refractivity contribution in [3.8, 4) is 11.4 Å². The topological polar surface area (TPSA) is 84.4 Å². The van der Waals surface area contributed by atoms with E-state index in [1.165, 1.54) is 0 Å². The normalized spacial score (nSPS) is 10.6. The molecule has 4 rings (SSSR count). The average molecular weight is 426 g/mol. The highest BCUT2D eigenvalue weighted by Crippen LogP contribution is 2.24. The van der Waals surface area contributed by atoms with Crippen LogP contribution in [0.4, 0.5) is 11.4 Å². The molecular formula is C25H22N4O3. The molecule has 160 valence electrons. The molecule has 4 aromatic rings. The molecule has 32 heavy (non-hydrogen) atoms. The van der Waals surface area contributed by atoms with Gasteiger partial charge in [-0.15, -0.1) is 0 Å². The number of nitrogens with one attached hydrogen (secondary N) is 1. The number of hydrogen-bond acceptors (Lipinski definition) is 6. The predicted octanol–water partition coefficient (Wildman–Crippen LogP) is 4.16. The number of carbonyl (C=O) groups is 2. The lowest BCUT2D eigenvalue weighted by Crippen LogP contribution is -2.21. The summed E-state index contributed by atoms with van der Waals surface area (Å²) in [7, 11) is 3.88. The van der Waals surface area contributed by atoms with E-state index in [-0.39, 0.29) is 0 Å². The van der Waals surface area contributed by atoms with Crippen LogP contribution in [-0.4, -0.2) is 42.5 Å². The number of fused-ring (bicyclic) bond motifs is 1. The molecule has 2 heterocycles. The third-order valence-electron chi connectivity index (χ3n) is 4.87. The van der Waals surface area contributed by atoms with Gasteiger partial charge in [-0.1, -0.05) is 24.3 Å². The number of rotatable bonds is 6. The number of hydrogen-bond donors (Lipinski definition) is 1. The Balaban J connectivity index is 1.50. The van der Waals surface area contributed by atoms with Gasteiger partial charge in [-0.25, -0.2) is 9.78 Å². The van der Waals surface area contributed by atoms with Crippen LogP contribution in [0, 0.1) is 0 Å². The molecule has 2 aromatic heterocycles. The Morgan fingerprint density at radius 2 is 1.69 bits per heavy atom. The van der Waals surface area contributed by atoms with Crippen LogP contribution in [0.1, 0.15) is 10.4 Å². The number of anilines is 2. The monoisotopic (exact) mass is 426 g/mol. The molecule has 7 nitrogen and oxygen atoms in total. The Hall–Kier alpha value is -4.26. The molecule has 0 spiro atoms. The first kappa shape index (κ1) is 21.0. The van der Waals surface area contributed by atoms with Gasteiger partial charge in [0.2, 0.25) is 0 Å². The van der Waals surface area contributed by atoms with Gasteiger partial charge in [0.1, 0.15) is 0 Å². The Labute approximate surface area is 185 Å². The fraction of sp³-hybridized carbons (Fsp3) is 0.120. The molecule has 1 amide bonds. The zero-order valence-electron chi connectivity index (χ0n) is 17.8. The lowest BCUT2D eigenvalue weighted by Gasteiger charge is -2.13. The minimum atomic E-state index is -0.598. The Morgan fingerprint density at radius 3 is 2.41 bits per heavy atom. The average Bonchev–Trinajstić information content (AvgIpc) is 2.82. The summed E-state index contributed by atoms with van der Waals surface area (Å²) in [6.07, 6.45) is 1.67. The fourth-order valence-corrected chi connectivity index (χ4v) is 3.24.